The summed E-state index contributed by atoms with van der Waals surface area (Å²) in [5.41, 5.74) is 0.288. The third-order valence-electron chi connectivity index (χ3n) is 8.47. The highest BCUT2D eigenvalue weighted by Crippen LogP contribution is 2.24. The van der Waals surface area contributed by atoms with Crippen LogP contribution in [0.3, 0.4) is 0 Å². The lowest BCUT2D eigenvalue weighted by Crippen LogP contribution is -2.49. The van der Waals surface area contributed by atoms with Crippen LogP contribution in [0.4, 0.5) is 0 Å². The topological polar surface area (TPSA) is 149 Å². The van der Waals surface area contributed by atoms with Crippen molar-refractivity contribution < 1.29 is 39.8 Å². The second-order valence-corrected chi connectivity index (χ2v) is 12.8. The molecule has 0 radical (unpaired) electrons. The Bertz CT molecular complexity index is 826. The maximum atomic E-state index is 13.0. The summed E-state index contributed by atoms with van der Waals surface area (Å²) in [6.07, 6.45) is 18.0. The number of benzene rings is 1. The Morgan fingerprint density at radius 3 is 1.35 bits per heavy atom. The Morgan fingerprint density at radius 1 is 0.587 bits per heavy atom. The monoisotopic (exact) mass is 653 g/mol. The van der Waals surface area contributed by atoms with Gasteiger partial charge in [-0.25, -0.2) is 0 Å². The predicted octanol–water partition coefficient (Wildman–Crippen LogP) is 6.45. The number of aliphatic hydroxyl groups excluding tert-OH is 5. The second kappa shape index (κ2) is 28.1. The average molecular weight is 654 g/mol. The van der Waals surface area contributed by atoms with E-state index in [0.717, 1.165) is 25.7 Å². The summed E-state index contributed by atoms with van der Waals surface area (Å²) in [6.45, 7) is 4.41. The zero-order chi connectivity index (χ0) is 33.8. The van der Waals surface area contributed by atoms with E-state index < -0.39 is 36.9 Å². The van der Waals surface area contributed by atoms with Crippen LogP contribution < -0.4 is 14.8 Å². The van der Waals surface area contributed by atoms with E-state index in [9.17, 15) is 25.2 Å². The molecule has 268 valence electrons. The highest BCUT2D eigenvalue weighted by Gasteiger charge is 2.30. The summed E-state index contributed by atoms with van der Waals surface area (Å²) in [7, 11) is 0. The van der Waals surface area contributed by atoms with Crippen LogP contribution in [0.5, 0.6) is 11.5 Å². The predicted molar refractivity (Wildman–Crippen MR) is 185 cm³/mol. The van der Waals surface area contributed by atoms with Gasteiger partial charge >= 0.3 is 0 Å². The van der Waals surface area contributed by atoms with Gasteiger partial charge in [-0.1, -0.05) is 129 Å². The standard InChI is InChI=1S/C37H67NO8/c1-3-5-7-9-11-13-15-17-19-21-23-45-31-25-30(37(44)38-28-33(40)35(42)36(43)34(41)29-39)26-32(27-31)46-24-22-20-18-16-14-12-10-8-6-4-2/h25-27,33-36,39-43H,3-24,28-29H2,1-2H3,(H,38,44)/t33-,34-,35+,36+/m0/s1. The molecule has 0 fully saturated rings. The van der Waals surface area contributed by atoms with Crippen LogP contribution in [-0.2, 0) is 0 Å². The van der Waals surface area contributed by atoms with Gasteiger partial charge in [-0.05, 0) is 25.0 Å². The fourth-order valence-electron chi connectivity index (χ4n) is 5.41. The van der Waals surface area contributed by atoms with Crippen LogP contribution in [0.2, 0.25) is 0 Å². The van der Waals surface area contributed by atoms with Crippen molar-refractivity contribution >= 4 is 5.91 Å². The van der Waals surface area contributed by atoms with Crippen LogP contribution in [0.15, 0.2) is 18.2 Å². The molecule has 9 nitrogen and oxygen atoms in total. The molecule has 0 aliphatic heterocycles. The van der Waals surface area contributed by atoms with Gasteiger partial charge in [0.05, 0.1) is 25.9 Å². The number of carbonyl (C=O) groups is 1. The number of amides is 1. The molecular formula is C37H67NO8. The van der Waals surface area contributed by atoms with Crippen molar-refractivity contribution in [2.24, 2.45) is 0 Å². The van der Waals surface area contributed by atoms with Gasteiger partial charge in [0.15, 0.2) is 0 Å². The summed E-state index contributed by atoms with van der Waals surface area (Å²) in [4.78, 5) is 13.0. The first-order chi connectivity index (χ1) is 22.3. The molecule has 9 heteroatoms. The van der Waals surface area contributed by atoms with E-state index in [4.69, 9.17) is 14.6 Å². The number of hydrogen-bond acceptors (Lipinski definition) is 8. The largest absolute Gasteiger partial charge is 0.493 e. The normalized spacial score (nSPS) is 14.1. The molecule has 1 rings (SSSR count). The first kappa shape index (κ1) is 42.1. The molecule has 1 aromatic carbocycles. The van der Waals surface area contributed by atoms with Crippen molar-refractivity contribution in [2.75, 3.05) is 26.4 Å². The summed E-state index contributed by atoms with van der Waals surface area (Å²) in [5, 5.41) is 51.2. The molecule has 0 spiro atoms. The molecule has 0 bridgehead atoms. The molecule has 0 unspecified atom stereocenters. The van der Waals surface area contributed by atoms with Gasteiger partial charge in [0.2, 0.25) is 0 Å². The van der Waals surface area contributed by atoms with Crippen molar-refractivity contribution in [3.8, 4) is 11.5 Å². The van der Waals surface area contributed by atoms with E-state index in [1.54, 1.807) is 18.2 Å². The Kier molecular flexibility index (Phi) is 25.8. The molecular weight excluding hydrogens is 586 g/mol. The second-order valence-electron chi connectivity index (χ2n) is 12.8. The Balaban J connectivity index is 2.59. The lowest BCUT2D eigenvalue weighted by molar-refractivity contribution is -0.113. The molecule has 0 heterocycles. The number of ether oxygens (including phenoxy) is 2. The van der Waals surface area contributed by atoms with Crippen molar-refractivity contribution in [1.82, 2.24) is 5.32 Å². The van der Waals surface area contributed by atoms with Gasteiger partial charge in [-0.15, -0.1) is 0 Å². The van der Waals surface area contributed by atoms with E-state index >= 15 is 0 Å². The van der Waals surface area contributed by atoms with Crippen LogP contribution in [0, 0.1) is 0 Å². The van der Waals surface area contributed by atoms with E-state index in [0.29, 0.717) is 24.7 Å². The van der Waals surface area contributed by atoms with Gasteiger partial charge in [0.25, 0.3) is 5.91 Å². The smallest absolute Gasteiger partial charge is 0.251 e. The molecule has 0 aliphatic rings. The molecule has 6 N–H and O–H groups in total. The van der Waals surface area contributed by atoms with Gasteiger partial charge in [0.1, 0.15) is 29.8 Å². The first-order valence-corrected chi connectivity index (χ1v) is 18.4. The number of rotatable bonds is 31. The first-order valence-electron chi connectivity index (χ1n) is 18.4. The lowest BCUT2D eigenvalue weighted by Gasteiger charge is -2.25. The molecule has 1 aromatic rings. The summed E-state index contributed by atoms with van der Waals surface area (Å²) >= 11 is 0. The highest BCUT2D eigenvalue weighted by atomic mass is 16.5. The van der Waals surface area contributed by atoms with Gasteiger partial charge in [-0.2, -0.15) is 0 Å². The van der Waals surface area contributed by atoms with Gasteiger partial charge in [0, 0.05) is 18.2 Å². The third-order valence-corrected chi connectivity index (χ3v) is 8.47. The van der Waals surface area contributed by atoms with Gasteiger partial charge < -0.3 is 40.3 Å². The van der Waals surface area contributed by atoms with E-state index in [1.807, 2.05) is 0 Å². The molecule has 1 amide bonds. The van der Waals surface area contributed by atoms with Crippen LogP contribution >= 0.6 is 0 Å². The lowest BCUT2D eigenvalue weighted by atomic mass is 10.0. The molecule has 0 saturated heterocycles. The number of aliphatic hydroxyl groups is 5. The van der Waals surface area contributed by atoms with E-state index in [-0.39, 0.29) is 12.1 Å². The summed E-state index contributed by atoms with van der Waals surface area (Å²) < 4.78 is 12.0. The number of carbonyl (C=O) groups excluding carboxylic acids is 1. The zero-order valence-electron chi connectivity index (χ0n) is 29.0. The number of unbranched alkanes of at least 4 members (excludes halogenated alkanes) is 18. The van der Waals surface area contributed by atoms with Crippen LogP contribution in [0.25, 0.3) is 0 Å². The molecule has 0 saturated carbocycles. The summed E-state index contributed by atoms with van der Waals surface area (Å²) in [5.74, 6) is 0.559. The molecule has 0 aromatic heterocycles. The SMILES string of the molecule is CCCCCCCCCCCCOc1cc(OCCCCCCCCCCCC)cc(C(=O)NC[C@H](O)[C@@H](O)[C@H](O)[C@@H](O)CO)c1. The number of hydrogen-bond donors (Lipinski definition) is 6. The molecule has 0 aliphatic carbocycles. The molecule has 4 atom stereocenters. The fourth-order valence-corrected chi connectivity index (χ4v) is 5.41. The Hall–Kier alpha value is -1.91. The minimum absolute atomic E-state index is 0.288. The average Bonchev–Trinajstić information content (AvgIpc) is 3.07. The number of nitrogens with one attached hydrogen (secondary N) is 1. The maximum absolute atomic E-state index is 13.0. The van der Waals surface area contributed by atoms with Crippen molar-refractivity contribution in [2.45, 2.75) is 167 Å². The van der Waals surface area contributed by atoms with E-state index in [2.05, 4.69) is 19.2 Å². The van der Waals surface area contributed by atoms with Gasteiger partial charge in [-0.3, -0.25) is 4.79 Å². The van der Waals surface area contributed by atoms with Crippen molar-refractivity contribution in [3.63, 3.8) is 0 Å². The molecule has 46 heavy (non-hydrogen) atoms. The fraction of sp³-hybridized carbons (Fsp3) is 0.811. The van der Waals surface area contributed by atoms with Crippen LogP contribution in [0.1, 0.15) is 153 Å². The minimum atomic E-state index is -1.76. The Morgan fingerprint density at radius 2 is 0.957 bits per heavy atom. The third kappa shape index (κ3) is 20.4. The van der Waals surface area contributed by atoms with Crippen molar-refractivity contribution in [1.29, 1.82) is 0 Å². The maximum Gasteiger partial charge on any atom is 0.251 e. The van der Waals surface area contributed by atoms with Crippen molar-refractivity contribution in [3.05, 3.63) is 23.8 Å². The highest BCUT2D eigenvalue weighted by molar-refractivity contribution is 5.95. The summed E-state index contributed by atoms with van der Waals surface area (Å²) in [6, 6.07) is 5.06. The van der Waals surface area contributed by atoms with Crippen LogP contribution in [-0.4, -0.2) is 82.2 Å². The quantitative estimate of drug-likeness (QED) is 0.0501. The minimum Gasteiger partial charge on any atom is -0.493 e. The Labute approximate surface area is 279 Å². The zero-order valence-corrected chi connectivity index (χ0v) is 29.0. The van der Waals surface area contributed by atoms with E-state index in [1.165, 1.54) is 103 Å².